The molecule has 7 nitrogen and oxygen atoms in total. The normalized spacial score (nSPS) is 11.1. The van der Waals surface area contributed by atoms with Gasteiger partial charge in [-0.15, -0.1) is 0 Å². The number of aromatic nitrogens is 4. The molecule has 0 radical (unpaired) electrons. The molecule has 160 valence electrons. The van der Waals surface area contributed by atoms with Gasteiger partial charge in [0.1, 0.15) is 17.1 Å². The number of hydrogen-bond acceptors (Lipinski definition) is 6. The van der Waals surface area contributed by atoms with Gasteiger partial charge in [0, 0.05) is 12.6 Å². The number of furan rings is 1. The molecule has 0 bridgehead atoms. The van der Waals surface area contributed by atoms with Crippen LogP contribution in [0.25, 0.3) is 28.4 Å². The molecule has 1 N–H and O–H groups in total. The molecule has 3 heterocycles. The van der Waals surface area contributed by atoms with Gasteiger partial charge in [0.05, 0.1) is 25.3 Å². The maximum atomic E-state index is 13.9. The zero-order valence-electron chi connectivity index (χ0n) is 17.3. The van der Waals surface area contributed by atoms with Gasteiger partial charge in [-0.05, 0) is 42.3 Å². The first kappa shape index (κ1) is 19.7. The van der Waals surface area contributed by atoms with Gasteiger partial charge < -0.3 is 14.5 Å². The van der Waals surface area contributed by atoms with Crippen LogP contribution < -0.4 is 10.1 Å². The number of benzene rings is 2. The molecule has 0 unspecified atom stereocenters. The van der Waals surface area contributed by atoms with E-state index in [0.717, 1.165) is 5.69 Å². The Morgan fingerprint density at radius 3 is 2.78 bits per heavy atom. The average molecular weight is 429 g/mol. The van der Waals surface area contributed by atoms with Crippen LogP contribution in [-0.4, -0.2) is 33.2 Å². The number of halogens is 1. The lowest BCUT2D eigenvalue weighted by molar-refractivity contribution is 0.414. The number of nitrogens with zero attached hydrogens (tertiary/aromatic N) is 4. The highest BCUT2D eigenvalue weighted by Crippen LogP contribution is 2.29. The Kier molecular flexibility index (Phi) is 5.25. The summed E-state index contributed by atoms with van der Waals surface area (Å²) >= 11 is 0. The van der Waals surface area contributed by atoms with E-state index in [2.05, 4.69) is 10.3 Å². The monoisotopic (exact) mass is 429 g/mol. The molecule has 0 aliphatic heterocycles. The summed E-state index contributed by atoms with van der Waals surface area (Å²) in [5.41, 5.74) is 2.71. The number of imidazole rings is 1. The van der Waals surface area contributed by atoms with Gasteiger partial charge in [0.2, 0.25) is 5.95 Å². The number of nitrogens with one attached hydrogen (secondary N) is 1. The van der Waals surface area contributed by atoms with Gasteiger partial charge in [-0.1, -0.05) is 24.3 Å². The Hall–Kier alpha value is -4.20. The standard InChI is InChI=1S/C24H20FN5O2/c1-31-18-8-4-7-17(14-18)30-22-20(28-23(30)21-10-5-13-32-21)15-27-24(29-22)26-12-11-16-6-2-3-9-19(16)25/h2-10,13-15H,11-12H2,1H3,(H,26,27,29). The van der Waals surface area contributed by atoms with E-state index in [1.54, 1.807) is 31.7 Å². The smallest absolute Gasteiger partial charge is 0.224 e. The number of hydrogen-bond donors (Lipinski definition) is 1. The first-order valence-corrected chi connectivity index (χ1v) is 10.1. The molecule has 0 atom stereocenters. The Morgan fingerprint density at radius 2 is 1.97 bits per heavy atom. The van der Waals surface area contributed by atoms with Crippen LogP contribution in [-0.2, 0) is 6.42 Å². The number of rotatable bonds is 7. The second-order valence-electron chi connectivity index (χ2n) is 7.12. The van der Waals surface area contributed by atoms with Crippen LogP contribution in [0.15, 0.2) is 77.5 Å². The Balaban J connectivity index is 1.52. The minimum absolute atomic E-state index is 0.218. The quantitative estimate of drug-likeness (QED) is 0.397. The number of ether oxygens (including phenoxy) is 1. The van der Waals surface area contributed by atoms with Gasteiger partial charge in [0.25, 0.3) is 0 Å². The first-order valence-electron chi connectivity index (χ1n) is 10.1. The van der Waals surface area contributed by atoms with Crippen molar-refractivity contribution in [2.24, 2.45) is 0 Å². The molecule has 8 heteroatoms. The molecule has 32 heavy (non-hydrogen) atoms. The third kappa shape index (κ3) is 3.78. The summed E-state index contributed by atoms with van der Waals surface area (Å²) in [5, 5.41) is 3.18. The third-order valence-electron chi connectivity index (χ3n) is 5.09. The Labute approximate surface area is 183 Å². The lowest BCUT2D eigenvalue weighted by Crippen LogP contribution is -2.09. The largest absolute Gasteiger partial charge is 0.497 e. The molecule has 3 aromatic heterocycles. The third-order valence-corrected chi connectivity index (χ3v) is 5.09. The van der Waals surface area contributed by atoms with Gasteiger partial charge in [-0.2, -0.15) is 4.98 Å². The van der Waals surface area contributed by atoms with Crippen LogP contribution >= 0.6 is 0 Å². The fraction of sp³-hybridized carbons (Fsp3) is 0.125. The lowest BCUT2D eigenvalue weighted by Gasteiger charge is -2.10. The molecule has 0 saturated heterocycles. The molecule has 5 rings (SSSR count). The van der Waals surface area contributed by atoms with E-state index >= 15 is 0 Å². The van der Waals surface area contributed by atoms with Crippen molar-refractivity contribution in [2.75, 3.05) is 19.0 Å². The molecule has 0 saturated carbocycles. The second kappa shape index (κ2) is 8.50. The highest BCUT2D eigenvalue weighted by Gasteiger charge is 2.19. The number of methoxy groups -OCH3 is 1. The van der Waals surface area contributed by atoms with Crippen molar-refractivity contribution in [3.8, 4) is 23.0 Å². The summed E-state index contributed by atoms with van der Waals surface area (Å²) in [7, 11) is 1.62. The molecule has 0 spiro atoms. The van der Waals surface area contributed by atoms with Crippen LogP contribution in [0.2, 0.25) is 0 Å². The van der Waals surface area contributed by atoms with E-state index in [-0.39, 0.29) is 5.82 Å². The van der Waals surface area contributed by atoms with Crippen molar-refractivity contribution >= 4 is 17.1 Å². The van der Waals surface area contributed by atoms with Crippen LogP contribution in [0.1, 0.15) is 5.56 Å². The van der Waals surface area contributed by atoms with Gasteiger partial charge in [0.15, 0.2) is 17.2 Å². The minimum Gasteiger partial charge on any atom is -0.497 e. The SMILES string of the molecule is COc1cccc(-n2c(-c3ccco3)nc3cnc(NCCc4ccccc4F)nc32)c1. The van der Waals surface area contributed by atoms with Crippen LogP contribution in [0.4, 0.5) is 10.3 Å². The van der Waals surface area contributed by atoms with E-state index in [9.17, 15) is 4.39 Å². The predicted octanol–water partition coefficient (Wildman–Crippen LogP) is 4.88. The average Bonchev–Trinajstić information content (AvgIpc) is 3.48. The first-order chi connectivity index (χ1) is 15.7. The number of anilines is 1. The summed E-state index contributed by atoms with van der Waals surface area (Å²) in [6.45, 7) is 0.491. The topological polar surface area (TPSA) is 78.0 Å². The maximum absolute atomic E-state index is 13.9. The van der Waals surface area contributed by atoms with Crippen LogP contribution in [0.3, 0.4) is 0 Å². The van der Waals surface area contributed by atoms with Crippen LogP contribution in [0, 0.1) is 5.82 Å². The van der Waals surface area contributed by atoms with Crippen molar-refractivity contribution in [1.82, 2.24) is 19.5 Å². The van der Waals surface area contributed by atoms with Crippen molar-refractivity contribution in [3.63, 3.8) is 0 Å². The second-order valence-corrected chi connectivity index (χ2v) is 7.12. The summed E-state index contributed by atoms with van der Waals surface area (Å²) < 4.78 is 26.8. The molecular formula is C24H20FN5O2. The minimum atomic E-state index is -0.218. The summed E-state index contributed by atoms with van der Waals surface area (Å²) in [5.74, 6) is 2.15. The fourth-order valence-corrected chi connectivity index (χ4v) is 3.53. The van der Waals surface area contributed by atoms with Gasteiger partial charge >= 0.3 is 0 Å². The Morgan fingerprint density at radius 1 is 1.06 bits per heavy atom. The van der Waals surface area contributed by atoms with Crippen molar-refractivity contribution in [2.45, 2.75) is 6.42 Å². The summed E-state index contributed by atoms with van der Waals surface area (Å²) in [4.78, 5) is 13.8. The van der Waals surface area contributed by atoms with Crippen LogP contribution in [0.5, 0.6) is 5.75 Å². The number of fused-ring (bicyclic) bond motifs is 1. The van der Waals surface area contributed by atoms with Crippen molar-refractivity contribution < 1.29 is 13.5 Å². The summed E-state index contributed by atoms with van der Waals surface area (Å²) in [6.07, 6.45) is 3.78. The zero-order chi connectivity index (χ0) is 21.9. The van der Waals surface area contributed by atoms with E-state index in [4.69, 9.17) is 19.1 Å². The predicted molar refractivity (Wildman–Crippen MR) is 120 cm³/mol. The summed E-state index contributed by atoms with van der Waals surface area (Å²) in [6, 6.07) is 18.0. The lowest BCUT2D eigenvalue weighted by atomic mass is 10.1. The zero-order valence-corrected chi connectivity index (χ0v) is 17.3. The van der Waals surface area contributed by atoms with Crippen molar-refractivity contribution in [1.29, 1.82) is 0 Å². The molecule has 0 aliphatic rings. The van der Waals surface area contributed by atoms with Gasteiger partial charge in [-0.25, -0.2) is 14.4 Å². The molecule has 2 aromatic carbocycles. The fourth-order valence-electron chi connectivity index (χ4n) is 3.53. The molecule has 5 aromatic rings. The molecule has 0 amide bonds. The van der Waals surface area contributed by atoms with E-state index in [0.29, 0.717) is 53.0 Å². The van der Waals surface area contributed by atoms with E-state index in [1.165, 1.54) is 6.07 Å². The maximum Gasteiger partial charge on any atom is 0.224 e. The van der Waals surface area contributed by atoms with E-state index < -0.39 is 0 Å². The Bertz CT molecular complexity index is 1360. The molecule has 0 fully saturated rings. The highest BCUT2D eigenvalue weighted by molar-refractivity contribution is 5.79. The van der Waals surface area contributed by atoms with Crippen molar-refractivity contribution in [3.05, 3.63) is 84.5 Å². The van der Waals surface area contributed by atoms with Gasteiger partial charge in [-0.3, -0.25) is 4.57 Å². The highest BCUT2D eigenvalue weighted by atomic mass is 19.1. The molecular weight excluding hydrogens is 409 g/mol. The van der Waals surface area contributed by atoms with E-state index in [1.807, 2.05) is 47.0 Å². The molecule has 0 aliphatic carbocycles.